The molecule has 0 heterocycles. The Morgan fingerprint density at radius 2 is 1.41 bits per heavy atom. The molecule has 3 rings (SSSR count). The average Bonchev–Trinajstić information content (AvgIpc) is 2.72. The average molecular weight is 360 g/mol. The highest BCUT2D eigenvalue weighted by Crippen LogP contribution is 2.31. The molecule has 0 aliphatic rings. The largest absolute Gasteiger partial charge is 0.493 e. The first kappa shape index (κ1) is 18.7. The fraction of sp³-hybridized carbons (Fsp3) is 0.208. The third-order valence-corrected chi connectivity index (χ3v) is 4.55. The molecule has 0 spiro atoms. The van der Waals surface area contributed by atoms with E-state index < -0.39 is 5.97 Å². The molecule has 0 unspecified atom stereocenters. The highest BCUT2D eigenvalue weighted by Gasteiger charge is 2.07. The molecule has 0 aliphatic heterocycles. The van der Waals surface area contributed by atoms with Gasteiger partial charge >= 0.3 is 5.97 Å². The fourth-order valence-corrected chi connectivity index (χ4v) is 3.01. The van der Waals surface area contributed by atoms with E-state index in [0.717, 1.165) is 41.0 Å². The lowest BCUT2D eigenvalue weighted by Gasteiger charge is -2.12. The molecule has 0 fully saturated rings. The van der Waals surface area contributed by atoms with Crippen LogP contribution in [0.1, 0.15) is 36.5 Å². The molecule has 138 valence electrons. The van der Waals surface area contributed by atoms with E-state index in [1.54, 1.807) is 12.1 Å². The van der Waals surface area contributed by atoms with Crippen molar-refractivity contribution in [1.29, 1.82) is 0 Å². The van der Waals surface area contributed by atoms with Crippen LogP contribution in [0.25, 0.3) is 22.3 Å². The molecule has 27 heavy (non-hydrogen) atoms. The number of benzene rings is 3. The standard InChI is InChI=1S/C24H24O3/c1-2-3-6-17-27-23-8-5-4-7-22(23)20-13-9-18(10-14-20)19-11-15-21(16-12-19)24(25)26/h4-5,7-16H,2-3,6,17H2,1H3,(H,25,26). The third kappa shape index (κ3) is 4.76. The van der Waals surface area contributed by atoms with E-state index in [1.165, 1.54) is 12.8 Å². The first-order valence-electron chi connectivity index (χ1n) is 9.35. The summed E-state index contributed by atoms with van der Waals surface area (Å²) in [5.41, 5.74) is 4.53. The minimum atomic E-state index is -0.910. The molecule has 0 bridgehead atoms. The molecular weight excluding hydrogens is 336 g/mol. The molecule has 0 radical (unpaired) electrons. The molecule has 3 aromatic carbocycles. The Morgan fingerprint density at radius 1 is 0.815 bits per heavy atom. The van der Waals surface area contributed by atoms with Crippen LogP contribution in [-0.2, 0) is 0 Å². The number of hydrogen-bond acceptors (Lipinski definition) is 2. The number of para-hydroxylation sites is 1. The van der Waals surface area contributed by atoms with Crippen molar-refractivity contribution in [2.75, 3.05) is 6.61 Å². The van der Waals surface area contributed by atoms with Crippen LogP contribution in [0.5, 0.6) is 5.75 Å². The quantitative estimate of drug-likeness (QED) is 0.480. The van der Waals surface area contributed by atoms with Crippen LogP contribution >= 0.6 is 0 Å². The first-order chi connectivity index (χ1) is 13.2. The number of carboxylic acid groups (broad SMARTS) is 1. The van der Waals surface area contributed by atoms with Gasteiger partial charge in [0.05, 0.1) is 12.2 Å². The van der Waals surface area contributed by atoms with Crippen LogP contribution < -0.4 is 4.74 Å². The van der Waals surface area contributed by atoms with Gasteiger partial charge in [-0.1, -0.05) is 74.4 Å². The van der Waals surface area contributed by atoms with Crippen molar-refractivity contribution in [3.63, 3.8) is 0 Å². The van der Waals surface area contributed by atoms with Gasteiger partial charge in [0.25, 0.3) is 0 Å². The van der Waals surface area contributed by atoms with Crippen LogP contribution in [-0.4, -0.2) is 17.7 Å². The van der Waals surface area contributed by atoms with Crippen LogP contribution in [0, 0.1) is 0 Å². The summed E-state index contributed by atoms with van der Waals surface area (Å²) in [4.78, 5) is 11.0. The molecular formula is C24H24O3. The summed E-state index contributed by atoms with van der Waals surface area (Å²) in [6.07, 6.45) is 3.42. The molecule has 3 aromatic rings. The Balaban J connectivity index is 1.78. The van der Waals surface area contributed by atoms with Gasteiger partial charge in [0.15, 0.2) is 0 Å². The maximum Gasteiger partial charge on any atom is 0.335 e. The van der Waals surface area contributed by atoms with E-state index in [0.29, 0.717) is 5.56 Å². The lowest BCUT2D eigenvalue weighted by molar-refractivity contribution is 0.0697. The van der Waals surface area contributed by atoms with Gasteiger partial charge in [0.1, 0.15) is 5.75 Å². The molecule has 0 saturated carbocycles. The number of carbonyl (C=O) groups is 1. The topological polar surface area (TPSA) is 46.5 Å². The van der Waals surface area contributed by atoms with Crippen LogP contribution in [0.4, 0.5) is 0 Å². The number of aromatic carboxylic acids is 1. The molecule has 0 aliphatic carbocycles. The lowest BCUT2D eigenvalue weighted by Crippen LogP contribution is -1.98. The minimum Gasteiger partial charge on any atom is -0.493 e. The van der Waals surface area contributed by atoms with E-state index in [-0.39, 0.29) is 0 Å². The Kier molecular flexibility index (Phi) is 6.26. The highest BCUT2D eigenvalue weighted by molar-refractivity contribution is 5.88. The van der Waals surface area contributed by atoms with Gasteiger partial charge in [0, 0.05) is 5.56 Å². The Morgan fingerprint density at radius 3 is 2.04 bits per heavy atom. The zero-order valence-corrected chi connectivity index (χ0v) is 15.5. The van der Waals surface area contributed by atoms with E-state index in [2.05, 4.69) is 37.3 Å². The molecule has 1 N–H and O–H groups in total. The molecule has 0 atom stereocenters. The Hall–Kier alpha value is -3.07. The molecule has 3 heteroatoms. The monoisotopic (exact) mass is 360 g/mol. The van der Waals surface area contributed by atoms with Crippen molar-refractivity contribution in [2.24, 2.45) is 0 Å². The maximum atomic E-state index is 11.0. The molecule has 0 amide bonds. The van der Waals surface area contributed by atoms with E-state index >= 15 is 0 Å². The van der Waals surface area contributed by atoms with Gasteiger partial charge in [-0.2, -0.15) is 0 Å². The second kappa shape index (κ2) is 9.04. The van der Waals surface area contributed by atoms with Gasteiger partial charge in [-0.3, -0.25) is 0 Å². The van der Waals surface area contributed by atoms with Gasteiger partial charge in [0.2, 0.25) is 0 Å². The zero-order valence-electron chi connectivity index (χ0n) is 15.5. The summed E-state index contributed by atoms with van der Waals surface area (Å²) < 4.78 is 5.99. The van der Waals surface area contributed by atoms with Gasteiger partial charge in [-0.25, -0.2) is 4.79 Å². The van der Waals surface area contributed by atoms with Gasteiger partial charge in [-0.15, -0.1) is 0 Å². The van der Waals surface area contributed by atoms with Crippen molar-refractivity contribution >= 4 is 5.97 Å². The molecule has 3 nitrogen and oxygen atoms in total. The minimum absolute atomic E-state index is 0.296. The number of rotatable bonds is 8. The Labute approximate surface area is 160 Å². The fourth-order valence-electron chi connectivity index (χ4n) is 3.01. The smallest absolute Gasteiger partial charge is 0.335 e. The summed E-state index contributed by atoms with van der Waals surface area (Å²) in [6.45, 7) is 2.92. The van der Waals surface area contributed by atoms with Crippen molar-refractivity contribution in [1.82, 2.24) is 0 Å². The van der Waals surface area contributed by atoms with Crippen molar-refractivity contribution in [3.8, 4) is 28.0 Å². The zero-order chi connectivity index (χ0) is 19.1. The summed E-state index contributed by atoms with van der Waals surface area (Å²) in [6, 6.07) is 23.3. The van der Waals surface area contributed by atoms with Crippen molar-refractivity contribution < 1.29 is 14.6 Å². The lowest BCUT2D eigenvalue weighted by atomic mass is 9.99. The molecule has 0 aromatic heterocycles. The predicted molar refractivity (Wildman–Crippen MR) is 109 cm³/mol. The van der Waals surface area contributed by atoms with E-state index in [4.69, 9.17) is 9.84 Å². The van der Waals surface area contributed by atoms with Gasteiger partial charge in [-0.05, 0) is 41.3 Å². The van der Waals surface area contributed by atoms with Gasteiger partial charge < -0.3 is 9.84 Å². The van der Waals surface area contributed by atoms with E-state index in [1.807, 2.05) is 30.3 Å². The predicted octanol–water partition coefficient (Wildman–Crippen LogP) is 6.29. The normalized spacial score (nSPS) is 10.6. The number of ether oxygens (including phenoxy) is 1. The highest BCUT2D eigenvalue weighted by atomic mass is 16.5. The number of unbranched alkanes of at least 4 members (excludes halogenated alkanes) is 2. The summed E-state index contributed by atoms with van der Waals surface area (Å²) in [7, 11) is 0. The van der Waals surface area contributed by atoms with Crippen molar-refractivity contribution in [3.05, 3.63) is 78.4 Å². The number of hydrogen-bond donors (Lipinski definition) is 1. The molecule has 0 saturated heterocycles. The Bertz CT molecular complexity index is 880. The number of carboxylic acids is 1. The van der Waals surface area contributed by atoms with E-state index in [9.17, 15) is 4.79 Å². The maximum absolute atomic E-state index is 11.0. The SMILES string of the molecule is CCCCCOc1ccccc1-c1ccc(-c2ccc(C(=O)O)cc2)cc1. The second-order valence-corrected chi connectivity index (χ2v) is 6.51. The van der Waals surface area contributed by atoms with Crippen LogP contribution in [0.3, 0.4) is 0 Å². The first-order valence-corrected chi connectivity index (χ1v) is 9.35. The summed E-state index contributed by atoms with van der Waals surface area (Å²) >= 11 is 0. The van der Waals surface area contributed by atoms with Crippen LogP contribution in [0.2, 0.25) is 0 Å². The third-order valence-electron chi connectivity index (χ3n) is 4.55. The van der Waals surface area contributed by atoms with Crippen molar-refractivity contribution in [2.45, 2.75) is 26.2 Å². The second-order valence-electron chi connectivity index (χ2n) is 6.51. The summed E-state index contributed by atoms with van der Waals surface area (Å²) in [5.74, 6) is -0.000365. The van der Waals surface area contributed by atoms with Crippen LogP contribution in [0.15, 0.2) is 72.8 Å². The summed E-state index contributed by atoms with van der Waals surface area (Å²) in [5, 5.41) is 9.01.